The lowest BCUT2D eigenvalue weighted by molar-refractivity contribution is -0.124. The summed E-state index contributed by atoms with van der Waals surface area (Å²) in [5, 5.41) is 18.9. The van der Waals surface area contributed by atoms with Gasteiger partial charge in [0.2, 0.25) is 17.6 Å². The molecule has 1 saturated carbocycles. The summed E-state index contributed by atoms with van der Waals surface area (Å²) in [7, 11) is 0. The minimum absolute atomic E-state index is 0.184. The highest BCUT2D eigenvalue weighted by atomic mass is 16.5. The van der Waals surface area contributed by atoms with Gasteiger partial charge in [-0.05, 0) is 25.0 Å². The molecule has 1 aromatic carbocycles. The van der Waals surface area contributed by atoms with E-state index < -0.39 is 6.04 Å². The standard InChI is InChI=1S/C16H17N7O2/c1-10(23-20-15(19-22-23)11-5-3-2-4-6-11)16(24)17-9-13-18-14(21-25-13)12-7-8-12/h2-6,10,12H,7-9H2,1H3,(H,17,24). The van der Waals surface area contributed by atoms with Gasteiger partial charge in [-0.1, -0.05) is 35.5 Å². The molecule has 2 aromatic heterocycles. The molecule has 9 nitrogen and oxygen atoms in total. The van der Waals surface area contributed by atoms with Crippen molar-refractivity contribution in [1.82, 2.24) is 35.7 Å². The van der Waals surface area contributed by atoms with E-state index in [0.717, 1.165) is 24.2 Å². The second-order valence-corrected chi connectivity index (χ2v) is 6.01. The van der Waals surface area contributed by atoms with Gasteiger partial charge in [0, 0.05) is 11.5 Å². The van der Waals surface area contributed by atoms with Gasteiger partial charge in [-0.25, -0.2) is 0 Å². The Morgan fingerprint density at radius 1 is 1.36 bits per heavy atom. The molecule has 1 atom stereocenters. The lowest BCUT2D eigenvalue weighted by Crippen LogP contribution is -2.31. The Morgan fingerprint density at radius 3 is 2.92 bits per heavy atom. The van der Waals surface area contributed by atoms with Crippen LogP contribution in [0.5, 0.6) is 0 Å². The number of hydrogen-bond acceptors (Lipinski definition) is 7. The molecule has 0 radical (unpaired) electrons. The van der Waals surface area contributed by atoms with Crippen LogP contribution >= 0.6 is 0 Å². The van der Waals surface area contributed by atoms with Crippen LogP contribution in [0.2, 0.25) is 0 Å². The Labute approximate surface area is 143 Å². The Kier molecular flexibility index (Phi) is 3.96. The average molecular weight is 339 g/mol. The van der Waals surface area contributed by atoms with Gasteiger partial charge in [0.1, 0.15) is 6.04 Å². The number of aromatic nitrogens is 6. The molecule has 1 amide bonds. The number of rotatable bonds is 6. The molecular formula is C16H17N7O2. The monoisotopic (exact) mass is 339 g/mol. The first-order chi connectivity index (χ1) is 12.2. The van der Waals surface area contributed by atoms with Crippen LogP contribution in [0.25, 0.3) is 11.4 Å². The summed E-state index contributed by atoms with van der Waals surface area (Å²) < 4.78 is 5.14. The van der Waals surface area contributed by atoms with Crippen molar-refractivity contribution in [2.24, 2.45) is 0 Å². The Balaban J connectivity index is 1.37. The second kappa shape index (κ2) is 6.42. The van der Waals surface area contributed by atoms with Crippen molar-refractivity contribution in [3.05, 3.63) is 42.0 Å². The van der Waals surface area contributed by atoms with Crippen LogP contribution in [0, 0.1) is 0 Å². The maximum atomic E-state index is 12.3. The van der Waals surface area contributed by atoms with Gasteiger partial charge in [0.25, 0.3) is 0 Å². The zero-order valence-corrected chi connectivity index (χ0v) is 13.7. The number of nitrogens with one attached hydrogen (secondary N) is 1. The zero-order chi connectivity index (χ0) is 17.2. The van der Waals surface area contributed by atoms with E-state index in [1.165, 1.54) is 4.80 Å². The van der Waals surface area contributed by atoms with Crippen LogP contribution in [0.3, 0.4) is 0 Å². The van der Waals surface area contributed by atoms with Gasteiger partial charge < -0.3 is 9.84 Å². The van der Waals surface area contributed by atoms with E-state index >= 15 is 0 Å². The zero-order valence-electron chi connectivity index (χ0n) is 13.7. The number of benzene rings is 1. The first-order valence-electron chi connectivity index (χ1n) is 8.16. The molecule has 0 spiro atoms. The van der Waals surface area contributed by atoms with E-state index in [1.54, 1.807) is 6.92 Å². The van der Waals surface area contributed by atoms with E-state index in [4.69, 9.17) is 4.52 Å². The summed E-state index contributed by atoms with van der Waals surface area (Å²) in [5.41, 5.74) is 0.847. The number of carbonyl (C=O) groups excluding carboxylic acids is 1. The SMILES string of the molecule is CC(C(=O)NCc1nc(C2CC2)no1)n1nnc(-c2ccccc2)n1. The molecule has 0 bridgehead atoms. The summed E-state index contributed by atoms with van der Waals surface area (Å²) in [4.78, 5) is 17.9. The van der Waals surface area contributed by atoms with E-state index in [0.29, 0.717) is 17.6 Å². The summed E-state index contributed by atoms with van der Waals surface area (Å²) >= 11 is 0. The number of nitrogens with zero attached hydrogens (tertiary/aromatic N) is 6. The third-order valence-corrected chi connectivity index (χ3v) is 4.03. The van der Waals surface area contributed by atoms with Gasteiger partial charge in [-0.3, -0.25) is 4.79 Å². The Bertz CT molecular complexity index is 870. The van der Waals surface area contributed by atoms with Crippen molar-refractivity contribution in [2.45, 2.75) is 38.3 Å². The highest BCUT2D eigenvalue weighted by Gasteiger charge is 2.29. The summed E-state index contributed by atoms with van der Waals surface area (Å²) in [6.07, 6.45) is 2.20. The fourth-order valence-electron chi connectivity index (χ4n) is 2.35. The van der Waals surface area contributed by atoms with Crippen LogP contribution in [-0.2, 0) is 11.3 Å². The molecule has 1 aliphatic carbocycles. The predicted octanol–water partition coefficient (Wildman–Crippen LogP) is 1.48. The molecule has 1 unspecified atom stereocenters. The molecule has 0 aliphatic heterocycles. The number of carbonyl (C=O) groups is 1. The second-order valence-electron chi connectivity index (χ2n) is 6.01. The van der Waals surface area contributed by atoms with E-state index in [-0.39, 0.29) is 12.5 Å². The Hall–Kier alpha value is -3.10. The highest BCUT2D eigenvalue weighted by Crippen LogP contribution is 2.38. The van der Waals surface area contributed by atoms with Crippen LogP contribution in [0.1, 0.15) is 43.4 Å². The normalized spacial score (nSPS) is 15.1. The minimum atomic E-state index is -0.601. The van der Waals surface area contributed by atoms with E-state index in [1.807, 2.05) is 30.3 Å². The third-order valence-electron chi connectivity index (χ3n) is 4.03. The number of amides is 1. The van der Waals surface area contributed by atoms with Gasteiger partial charge >= 0.3 is 0 Å². The van der Waals surface area contributed by atoms with Crippen molar-refractivity contribution in [3.8, 4) is 11.4 Å². The van der Waals surface area contributed by atoms with Crippen LogP contribution in [0.15, 0.2) is 34.9 Å². The van der Waals surface area contributed by atoms with Crippen LogP contribution < -0.4 is 5.32 Å². The lowest BCUT2D eigenvalue weighted by Gasteiger charge is -2.09. The predicted molar refractivity (Wildman–Crippen MR) is 86.1 cm³/mol. The molecule has 4 rings (SSSR count). The quantitative estimate of drug-likeness (QED) is 0.724. The van der Waals surface area contributed by atoms with Gasteiger partial charge in [-0.15, -0.1) is 10.2 Å². The molecule has 0 saturated heterocycles. The van der Waals surface area contributed by atoms with Crippen LogP contribution in [-0.4, -0.2) is 36.3 Å². The van der Waals surface area contributed by atoms with Crippen molar-refractivity contribution < 1.29 is 9.32 Å². The van der Waals surface area contributed by atoms with Crippen molar-refractivity contribution >= 4 is 5.91 Å². The fraction of sp³-hybridized carbons (Fsp3) is 0.375. The largest absolute Gasteiger partial charge is 0.345 e. The fourth-order valence-corrected chi connectivity index (χ4v) is 2.35. The highest BCUT2D eigenvalue weighted by molar-refractivity contribution is 5.79. The number of tetrazole rings is 1. The smallest absolute Gasteiger partial charge is 0.246 e. The third kappa shape index (κ3) is 3.39. The van der Waals surface area contributed by atoms with Gasteiger partial charge in [-0.2, -0.15) is 9.78 Å². The van der Waals surface area contributed by atoms with Crippen LogP contribution in [0.4, 0.5) is 0 Å². The molecule has 1 aliphatic rings. The molecular weight excluding hydrogens is 322 g/mol. The van der Waals surface area contributed by atoms with Crippen molar-refractivity contribution in [1.29, 1.82) is 0 Å². The molecule has 25 heavy (non-hydrogen) atoms. The number of hydrogen-bond donors (Lipinski definition) is 1. The first-order valence-corrected chi connectivity index (χ1v) is 8.16. The van der Waals surface area contributed by atoms with E-state index in [2.05, 4.69) is 30.9 Å². The molecule has 2 heterocycles. The first kappa shape index (κ1) is 15.4. The lowest BCUT2D eigenvalue weighted by atomic mass is 10.2. The van der Waals surface area contributed by atoms with Crippen molar-refractivity contribution in [3.63, 3.8) is 0 Å². The topological polar surface area (TPSA) is 112 Å². The summed E-state index contributed by atoms with van der Waals surface area (Å²) in [5.74, 6) is 1.78. The van der Waals surface area contributed by atoms with Gasteiger partial charge in [0.05, 0.1) is 6.54 Å². The van der Waals surface area contributed by atoms with Gasteiger partial charge in [0.15, 0.2) is 5.82 Å². The summed E-state index contributed by atoms with van der Waals surface area (Å²) in [6.45, 7) is 1.89. The molecule has 1 fully saturated rings. The molecule has 3 aromatic rings. The maximum Gasteiger partial charge on any atom is 0.246 e. The molecule has 128 valence electrons. The maximum absolute atomic E-state index is 12.3. The van der Waals surface area contributed by atoms with Crippen molar-refractivity contribution in [2.75, 3.05) is 0 Å². The average Bonchev–Trinajstić information content (AvgIpc) is 3.20. The minimum Gasteiger partial charge on any atom is -0.345 e. The molecule has 9 heteroatoms. The summed E-state index contributed by atoms with van der Waals surface area (Å²) in [6, 6.07) is 8.88. The molecule has 1 N–H and O–H groups in total. The Morgan fingerprint density at radius 2 is 2.16 bits per heavy atom. The van der Waals surface area contributed by atoms with E-state index in [9.17, 15) is 4.79 Å².